The first-order valence-electron chi connectivity index (χ1n) is 6.64. The second-order valence-electron chi connectivity index (χ2n) is 5.84. The number of fused-ring (bicyclic) bond motifs is 1. The average molecular weight is 369 g/mol. The van der Waals surface area contributed by atoms with Crippen LogP contribution < -0.4 is 0 Å². The normalized spacial score (nSPS) is 11.5. The summed E-state index contributed by atoms with van der Waals surface area (Å²) in [5, 5.41) is 0. The Morgan fingerprint density at radius 3 is 2.50 bits per heavy atom. The molecule has 0 aliphatic rings. The smallest absolute Gasteiger partial charge is 0.419 e. The first-order chi connectivity index (χ1) is 10.1. The summed E-state index contributed by atoms with van der Waals surface area (Å²) in [7, 11) is 1.30. The summed E-state index contributed by atoms with van der Waals surface area (Å²) in [6.45, 7) is 7.12. The first kappa shape index (κ1) is 16.5. The Balaban J connectivity index is 2.58. The molecule has 6 nitrogen and oxygen atoms in total. The lowest BCUT2D eigenvalue weighted by Crippen LogP contribution is -2.26. The van der Waals surface area contributed by atoms with Crippen LogP contribution in [0.5, 0.6) is 0 Å². The van der Waals surface area contributed by atoms with Gasteiger partial charge in [0.1, 0.15) is 11.1 Å². The third-order valence-corrected chi connectivity index (χ3v) is 3.47. The molecule has 0 saturated heterocycles. The van der Waals surface area contributed by atoms with Crippen LogP contribution in [0.3, 0.4) is 0 Å². The van der Waals surface area contributed by atoms with Crippen molar-refractivity contribution in [3.05, 3.63) is 28.0 Å². The second-order valence-corrected chi connectivity index (χ2v) is 6.69. The van der Waals surface area contributed by atoms with Crippen LogP contribution in [-0.4, -0.2) is 34.3 Å². The molecule has 0 aliphatic heterocycles. The maximum atomic E-state index is 12.3. The van der Waals surface area contributed by atoms with E-state index in [4.69, 9.17) is 9.47 Å². The van der Waals surface area contributed by atoms with Gasteiger partial charge in [0.05, 0.1) is 17.1 Å². The maximum absolute atomic E-state index is 12.3. The molecule has 22 heavy (non-hydrogen) atoms. The Morgan fingerprint density at radius 1 is 1.32 bits per heavy atom. The molecule has 0 aliphatic carbocycles. The van der Waals surface area contributed by atoms with Crippen molar-refractivity contribution >= 4 is 39.0 Å². The van der Waals surface area contributed by atoms with E-state index in [0.717, 1.165) is 0 Å². The number of aryl methyl sites for hydroxylation is 1. The van der Waals surface area contributed by atoms with Crippen molar-refractivity contribution in [3.8, 4) is 0 Å². The van der Waals surface area contributed by atoms with Crippen molar-refractivity contribution in [3.63, 3.8) is 0 Å². The molecule has 0 unspecified atom stereocenters. The van der Waals surface area contributed by atoms with E-state index in [0.29, 0.717) is 21.1 Å². The van der Waals surface area contributed by atoms with Crippen molar-refractivity contribution in [2.75, 3.05) is 7.11 Å². The quantitative estimate of drug-likeness (QED) is 0.718. The number of hydrogen-bond acceptors (Lipinski definition) is 5. The Hall–Kier alpha value is -1.89. The van der Waals surface area contributed by atoms with Gasteiger partial charge >= 0.3 is 12.1 Å². The molecule has 7 heteroatoms. The first-order valence-corrected chi connectivity index (χ1v) is 7.43. The Morgan fingerprint density at radius 2 is 1.95 bits per heavy atom. The number of methoxy groups -OCH3 is 1. The molecule has 118 valence electrons. The minimum atomic E-state index is -0.603. The van der Waals surface area contributed by atoms with Crippen LogP contribution in [0.1, 0.15) is 36.8 Å². The van der Waals surface area contributed by atoms with Gasteiger partial charge in [0.2, 0.25) is 0 Å². The molecule has 0 saturated carbocycles. The molecule has 2 aromatic heterocycles. The van der Waals surface area contributed by atoms with E-state index in [2.05, 4.69) is 20.9 Å². The van der Waals surface area contributed by atoms with Crippen molar-refractivity contribution in [1.82, 2.24) is 9.55 Å². The lowest BCUT2D eigenvalue weighted by Gasteiger charge is -2.19. The van der Waals surface area contributed by atoms with E-state index >= 15 is 0 Å². The standard InChI is InChI=1S/C15H17BrN2O4/c1-8-6-10-12(17-11(8)13(19)21-5)9(16)7-18(10)14(20)22-15(2,3)4/h6-7H,1-5H3. The molecule has 0 atom stereocenters. The molecule has 2 rings (SSSR count). The van der Waals surface area contributed by atoms with E-state index in [1.54, 1.807) is 40.0 Å². The Labute approximate surface area is 136 Å². The summed E-state index contributed by atoms with van der Waals surface area (Å²) >= 11 is 3.35. The van der Waals surface area contributed by atoms with E-state index in [1.165, 1.54) is 11.7 Å². The predicted molar refractivity (Wildman–Crippen MR) is 85.1 cm³/mol. The highest BCUT2D eigenvalue weighted by Gasteiger charge is 2.22. The van der Waals surface area contributed by atoms with Gasteiger partial charge < -0.3 is 9.47 Å². The molecule has 0 spiro atoms. The molecule has 2 aromatic rings. The van der Waals surface area contributed by atoms with Crippen LogP contribution in [0.25, 0.3) is 11.0 Å². The zero-order chi connectivity index (χ0) is 16.7. The van der Waals surface area contributed by atoms with E-state index in [-0.39, 0.29) is 5.69 Å². The third kappa shape index (κ3) is 3.14. The molecular formula is C15H17BrN2O4. The van der Waals surface area contributed by atoms with Crippen molar-refractivity contribution < 1.29 is 19.1 Å². The molecular weight excluding hydrogens is 352 g/mol. The fraction of sp³-hybridized carbons (Fsp3) is 0.400. The third-order valence-electron chi connectivity index (χ3n) is 2.89. The SMILES string of the molecule is COC(=O)c1nc2c(Br)cn(C(=O)OC(C)(C)C)c2cc1C. The summed E-state index contributed by atoms with van der Waals surface area (Å²) in [6, 6.07) is 1.71. The highest BCUT2D eigenvalue weighted by molar-refractivity contribution is 9.10. The van der Waals surface area contributed by atoms with Crippen molar-refractivity contribution in [2.24, 2.45) is 0 Å². The number of pyridine rings is 1. The fourth-order valence-corrected chi connectivity index (χ4v) is 2.46. The summed E-state index contributed by atoms with van der Waals surface area (Å²) in [5.74, 6) is -0.517. The summed E-state index contributed by atoms with van der Waals surface area (Å²) < 4.78 is 12.0. The van der Waals surface area contributed by atoms with Gasteiger partial charge in [0.25, 0.3) is 0 Å². The molecule has 0 radical (unpaired) electrons. The topological polar surface area (TPSA) is 70.4 Å². The Bertz CT molecular complexity index is 759. The summed E-state index contributed by atoms with van der Waals surface area (Å²) in [4.78, 5) is 28.3. The van der Waals surface area contributed by atoms with Gasteiger partial charge in [-0.3, -0.25) is 0 Å². The minimum Gasteiger partial charge on any atom is -0.464 e. The molecule has 2 heterocycles. The monoisotopic (exact) mass is 368 g/mol. The highest BCUT2D eigenvalue weighted by atomic mass is 79.9. The van der Waals surface area contributed by atoms with Crippen LogP contribution in [0.4, 0.5) is 4.79 Å². The number of carbonyl (C=O) groups excluding carboxylic acids is 2. The lowest BCUT2D eigenvalue weighted by atomic mass is 10.2. The number of aromatic nitrogens is 2. The van der Waals surface area contributed by atoms with Crippen LogP contribution in [0.2, 0.25) is 0 Å². The van der Waals surface area contributed by atoms with E-state index in [9.17, 15) is 9.59 Å². The predicted octanol–water partition coefficient (Wildman–Crippen LogP) is 3.68. The molecule has 0 aromatic carbocycles. The minimum absolute atomic E-state index is 0.220. The Kier molecular flexibility index (Phi) is 4.28. The van der Waals surface area contributed by atoms with Gasteiger partial charge in [-0.2, -0.15) is 0 Å². The number of carbonyl (C=O) groups is 2. The molecule has 0 fully saturated rings. The largest absolute Gasteiger partial charge is 0.464 e. The number of hydrogen-bond donors (Lipinski definition) is 0. The number of nitrogens with zero attached hydrogens (tertiary/aromatic N) is 2. The van der Waals surface area contributed by atoms with Crippen LogP contribution in [0, 0.1) is 6.92 Å². The number of rotatable bonds is 1. The number of ether oxygens (including phenoxy) is 2. The van der Waals surface area contributed by atoms with Crippen LogP contribution in [0.15, 0.2) is 16.7 Å². The van der Waals surface area contributed by atoms with Crippen molar-refractivity contribution in [1.29, 1.82) is 0 Å². The number of halogens is 1. The van der Waals surface area contributed by atoms with E-state index in [1.807, 2.05) is 0 Å². The van der Waals surface area contributed by atoms with Gasteiger partial charge in [-0.1, -0.05) is 0 Å². The van der Waals surface area contributed by atoms with Crippen LogP contribution >= 0.6 is 15.9 Å². The zero-order valence-corrected chi connectivity index (χ0v) is 14.6. The average Bonchev–Trinajstić information content (AvgIpc) is 2.72. The highest BCUT2D eigenvalue weighted by Crippen LogP contribution is 2.27. The lowest BCUT2D eigenvalue weighted by molar-refractivity contribution is 0.0543. The molecule has 0 amide bonds. The van der Waals surface area contributed by atoms with Gasteiger partial charge in [-0.05, 0) is 55.3 Å². The molecule has 0 N–H and O–H groups in total. The summed E-state index contributed by atoms with van der Waals surface area (Å²) in [5.41, 5.74) is 1.30. The summed E-state index contributed by atoms with van der Waals surface area (Å²) in [6.07, 6.45) is 1.07. The van der Waals surface area contributed by atoms with Gasteiger partial charge in [0.15, 0.2) is 5.69 Å². The van der Waals surface area contributed by atoms with E-state index < -0.39 is 17.7 Å². The van der Waals surface area contributed by atoms with Gasteiger partial charge in [-0.15, -0.1) is 0 Å². The molecule has 0 bridgehead atoms. The zero-order valence-electron chi connectivity index (χ0n) is 13.1. The second kappa shape index (κ2) is 5.72. The van der Waals surface area contributed by atoms with Gasteiger partial charge in [0, 0.05) is 6.20 Å². The van der Waals surface area contributed by atoms with Gasteiger partial charge in [-0.25, -0.2) is 19.1 Å². The van der Waals surface area contributed by atoms with Crippen molar-refractivity contribution in [2.45, 2.75) is 33.3 Å². The number of esters is 1. The fourth-order valence-electron chi connectivity index (χ4n) is 1.97. The van der Waals surface area contributed by atoms with Crippen LogP contribution in [-0.2, 0) is 9.47 Å². The maximum Gasteiger partial charge on any atom is 0.419 e.